The summed E-state index contributed by atoms with van der Waals surface area (Å²) in [6.07, 6.45) is 2.88. The molecule has 10 heavy (non-hydrogen) atoms. The Bertz CT molecular complexity index is 97.7. The number of rotatable bonds is 4. The predicted octanol–water partition coefficient (Wildman–Crippen LogP) is -1.55. The Morgan fingerprint density at radius 2 is 2.10 bits per heavy atom. The van der Waals surface area contributed by atoms with Crippen LogP contribution in [0, 0.1) is 0 Å². The van der Waals surface area contributed by atoms with Crippen LogP contribution in [-0.4, -0.2) is 14.0 Å². The van der Waals surface area contributed by atoms with Crippen LogP contribution in [0.3, 0.4) is 0 Å². The van der Waals surface area contributed by atoms with Crippen molar-refractivity contribution in [2.24, 2.45) is 0 Å². The van der Waals surface area contributed by atoms with Crippen LogP contribution in [0.4, 0.5) is 0 Å². The van der Waals surface area contributed by atoms with Crippen molar-refractivity contribution < 1.29 is 38.3 Å². The molecular formula is C6H13NaO2S. The maximum atomic E-state index is 10.2. The van der Waals surface area contributed by atoms with Crippen LogP contribution in [0.15, 0.2) is 0 Å². The van der Waals surface area contributed by atoms with Gasteiger partial charge in [-0.1, -0.05) is 37.8 Å². The summed E-state index contributed by atoms with van der Waals surface area (Å²) < 4.78 is 20.4. The zero-order valence-corrected chi connectivity index (χ0v) is 9.74. The van der Waals surface area contributed by atoms with Gasteiger partial charge in [-0.3, -0.25) is 4.21 Å². The number of hydrogen-bond acceptors (Lipinski definition) is 2. The van der Waals surface area contributed by atoms with Gasteiger partial charge in [-0.25, -0.2) is 0 Å². The molecule has 0 aliphatic carbocycles. The molecule has 0 saturated heterocycles. The summed E-state index contributed by atoms with van der Waals surface area (Å²) in [5.41, 5.74) is 0. The molecule has 0 aliphatic heterocycles. The third kappa shape index (κ3) is 7.22. The Balaban J connectivity index is 0. The quantitative estimate of drug-likeness (QED) is 0.380. The summed E-state index contributed by atoms with van der Waals surface area (Å²) in [6.45, 7) is 3.79. The first-order chi connectivity index (χ1) is 4.18. The first kappa shape index (κ1) is 13.7. The van der Waals surface area contributed by atoms with Crippen molar-refractivity contribution >= 4 is 11.1 Å². The SMILES string of the molecule is CCCCC(C)S(=O)[O-].[Na+]. The van der Waals surface area contributed by atoms with E-state index in [4.69, 9.17) is 0 Å². The van der Waals surface area contributed by atoms with Crippen molar-refractivity contribution in [3.8, 4) is 0 Å². The molecule has 0 bridgehead atoms. The minimum atomic E-state index is -1.86. The molecule has 2 nitrogen and oxygen atoms in total. The summed E-state index contributed by atoms with van der Waals surface area (Å²) in [5, 5.41) is -0.162. The first-order valence-electron chi connectivity index (χ1n) is 3.26. The van der Waals surface area contributed by atoms with Crippen molar-refractivity contribution in [2.45, 2.75) is 38.4 Å². The molecule has 2 unspecified atom stereocenters. The second kappa shape index (κ2) is 8.21. The van der Waals surface area contributed by atoms with Crippen LogP contribution in [0.25, 0.3) is 0 Å². The summed E-state index contributed by atoms with van der Waals surface area (Å²) >= 11 is -1.86. The van der Waals surface area contributed by atoms with Crippen LogP contribution in [-0.2, 0) is 11.1 Å². The largest absolute Gasteiger partial charge is 1.00 e. The monoisotopic (exact) mass is 172 g/mol. The molecule has 0 fully saturated rings. The third-order valence-electron chi connectivity index (χ3n) is 1.29. The molecule has 0 aliphatic rings. The molecule has 0 spiro atoms. The van der Waals surface area contributed by atoms with Crippen molar-refractivity contribution in [3.63, 3.8) is 0 Å². The van der Waals surface area contributed by atoms with Crippen LogP contribution < -0.4 is 29.6 Å². The van der Waals surface area contributed by atoms with Crippen molar-refractivity contribution in [1.82, 2.24) is 0 Å². The molecule has 0 aromatic carbocycles. The molecule has 0 aromatic heterocycles. The summed E-state index contributed by atoms with van der Waals surface area (Å²) in [6, 6.07) is 0. The molecule has 0 heterocycles. The maximum Gasteiger partial charge on any atom is 1.00 e. The van der Waals surface area contributed by atoms with Gasteiger partial charge in [-0.2, -0.15) is 0 Å². The molecule has 0 aromatic rings. The van der Waals surface area contributed by atoms with Gasteiger partial charge in [-0.15, -0.1) is 0 Å². The van der Waals surface area contributed by atoms with E-state index >= 15 is 0 Å². The van der Waals surface area contributed by atoms with Crippen molar-refractivity contribution in [2.75, 3.05) is 0 Å². The zero-order chi connectivity index (χ0) is 7.28. The normalized spacial score (nSPS) is 15.5. The van der Waals surface area contributed by atoms with Crippen LogP contribution >= 0.6 is 0 Å². The van der Waals surface area contributed by atoms with Crippen LogP contribution in [0.5, 0.6) is 0 Å². The second-order valence-corrected chi connectivity index (χ2v) is 3.54. The molecule has 4 heteroatoms. The summed E-state index contributed by atoms with van der Waals surface area (Å²) in [5.74, 6) is 0. The summed E-state index contributed by atoms with van der Waals surface area (Å²) in [7, 11) is 0. The van der Waals surface area contributed by atoms with Gasteiger partial charge < -0.3 is 4.55 Å². The minimum absolute atomic E-state index is 0. The molecule has 0 amide bonds. The Kier molecular flexibility index (Phi) is 11.2. The third-order valence-corrected chi connectivity index (χ3v) is 2.19. The van der Waals surface area contributed by atoms with Crippen LogP contribution in [0.2, 0.25) is 0 Å². The van der Waals surface area contributed by atoms with E-state index < -0.39 is 11.1 Å². The van der Waals surface area contributed by atoms with E-state index in [0.29, 0.717) is 0 Å². The van der Waals surface area contributed by atoms with Crippen LogP contribution in [0.1, 0.15) is 33.1 Å². The van der Waals surface area contributed by atoms with Gasteiger partial charge >= 0.3 is 29.6 Å². The van der Waals surface area contributed by atoms with E-state index in [1.165, 1.54) is 0 Å². The molecule has 0 rings (SSSR count). The fraction of sp³-hybridized carbons (Fsp3) is 1.00. The van der Waals surface area contributed by atoms with Crippen molar-refractivity contribution in [3.05, 3.63) is 0 Å². The molecule has 0 radical (unpaired) electrons. The Morgan fingerprint density at radius 1 is 1.60 bits per heavy atom. The van der Waals surface area contributed by atoms with E-state index in [9.17, 15) is 8.76 Å². The molecular weight excluding hydrogens is 159 g/mol. The predicted molar refractivity (Wildman–Crippen MR) is 37.9 cm³/mol. The van der Waals surface area contributed by atoms with Gasteiger partial charge in [-0.05, 0) is 6.42 Å². The molecule has 2 atom stereocenters. The maximum absolute atomic E-state index is 10.2. The van der Waals surface area contributed by atoms with E-state index in [-0.39, 0.29) is 34.8 Å². The molecule has 0 saturated carbocycles. The van der Waals surface area contributed by atoms with Gasteiger partial charge in [0.15, 0.2) is 0 Å². The van der Waals surface area contributed by atoms with E-state index in [2.05, 4.69) is 6.92 Å². The average Bonchev–Trinajstić information content (AvgIpc) is 1.82. The van der Waals surface area contributed by atoms with E-state index in [1.807, 2.05) is 0 Å². The first-order valence-corrected chi connectivity index (χ1v) is 4.40. The van der Waals surface area contributed by atoms with Gasteiger partial charge in [0.25, 0.3) is 0 Å². The average molecular weight is 172 g/mol. The molecule has 0 N–H and O–H groups in total. The van der Waals surface area contributed by atoms with E-state index in [1.54, 1.807) is 6.92 Å². The van der Waals surface area contributed by atoms with Gasteiger partial charge in [0.05, 0.1) is 0 Å². The van der Waals surface area contributed by atoms with Crippen molar-refractivity contribution in [1.29, 1.82) is 0 Å². The van der Waals surface area contributed by atoms with E-state index in [0.717, 1.165) is 19.3 Å². The number of hydrogen-bond donors (Lipinski definition) is 0. The second-order valence-electron chi connectivity index (χ2n) is 2.21. The number of unbranched alkanes of at least 4 members (excludes halogenated alkanes) is 1. The Hall–Kier alpha value is 1.11. The van der Waals surface area contributed by atoms with Gasteiger partial charge in [0.2, 0.25) is 0 Å². The fourth-order valence-electron chi connectivity index (χ4n) is 0.588. The summed E-state index contributed by atoms with van der Waals surface area (Å²) in [4.78, 5) is 0. The minimum Gasteiger partial charge on any atom is -0.772 e. The smallest absolute Gasteiger partial charge is 0.772 e. The zero-order valence-electron chi connectivity index (χ0n) is 6.92. The van der Waals surface area contributed by atoms with Gasteiger partial charge in [0.1, 0.15) is 0 Å². The standard InChI is InChI=1S/C6H14O2S.Na/c1-3-4-5-6(2)9(7)8;/h6H,3-5H2,1-2H3,(H,7,8);/q;+1/p-1. The fourth-order valence-corrected chi connectivity index (χ4v) is 0.947. The topological polar surface area (TPSA) is 40.1 Å². The Labute approximate surface area is 87.4 Å². The molecule has 56 valence electrons. The van der Waals surface area contributed by atoms with Gasteiger partial charge in [0, 0.05) is 5.25 Å². The Morgan fingerprint density at radius 3 is 2.40 bits per heavy atom.